The fraction of sp³-hybridized carbons (Fsp3) is 0.375. The Morgan fingerprint density at radius 3 is 2.95 bits per heavy atom. The van der Waals surface area contributed by atoms with Crippen LogP contribution in [0.2, 0.25) is 0 Å². The van der Waals surface area contributed by atoms with Gasteiger partial charge in [-0.2, -0.15) is 0 Å². The van der Waals surface area contributed by atoms with E-state index in [0.29, 0.717) is 6.54 Å². The van der Waals surface area contributed by atoms with Crippen molar-refractivity contribution in [2.75, 3.05) is 20.6 Å². The summed E-state index contributed by atoms with van der Waals surface area (Å²) in [5, 5.41) is 0. The maximum absolute atomic E-state index is 4.70. The van der Waals surface area contributed by atoms with Crippen LogP contribution < -0.4 is 0 Å². The third-order valence-corrected chi connectivity index (χ3v) is 3.49. The number of nitrogens with zero attached hydrogens (tertiary/aromatic N) is 5. The molecule has 0 N–H and O–H groups in total. The molecule has 21 heavy (non-hydrogen) atoms. The number of aryl methyl sites for hydroxylation is 1. The number of aliphatic imine (C=N–C) groups is 1. The van der Waals surface area contributed by atoms with E-state index >= 15 is 0 Å². The van der Waals surface area contributed by atoms with Crippen molar-refractivity contribution in [3.63, 3.8) is 0 Å². The smallest absolute Gasteiger partial charge is 0.0904 e. The molecule has 5 heteroatoms. The number of rotatable bonds is 5. The van der Waals surface area contributed by atoms with Gasteiger partial charge in [-0.25, -0.2) is 4.98 Å². The topological polar surface area (TPSA) is 54.3 Å². The predicted molar refractivity (Wildman–Crippen MR) is 83.4 cm³/mol. The minimum Gasteiger partial charge on any atom is -0.309 e. The second kappa shape index (κ2) is 6.10. The molecule has 0 amide bonds. The van der Waals surface area contributed by atoms with Crippen LogP contribution in [0.5, 0.6) is 0 Å². The summed E-state index contributed by atoms with van der Waals surface area (Å²) in [6.07, 6.45) is 9.41. The summed E-state index contributed by atoms with van der Waals surface area (Å²) in [5.41, 5.74) is 5.04. The number of fused-ring (bicyclic) bond motifs is 1. The second-order valence-electron chi connectivity index (χ2n) is 5.53. The van der Waals surface area contributed by atoms with E-state index in [1.165, 1.54) is 0 Å². The first-order valence-electron chi connectivity index (χ1n) is 7.17. The highest BCUT2D eigenvalue weighted by atomic mass is 15.0. The van der Waals surface area contributed by atoms with E-state index in [1.807, 2.05) is 18.6 Å². The van der Waals surface area contributed by atoms with Crippen LogP contribution >= 0.6 is 0 Å². The molecule has 0 unspecified atom stereocenters. The van der Waals surface area contributed by atoms with Crippen LogP contribution in [0.15, 0.2) is 29.6 Å². The van der Waals surface area contributed by atoms with Gasteiger partial charge in [-0.1, -0.05) is 0 Å². The van der Waals surface area contributed by atoms with Gasteiger partial charge in [0.1, 0.15) is 0 Å². The molecule has 1 aliphatic rings. The second-order valence-corrected chi connectivity index (χ2v) is 5.53. The number of pyridine rings is 1. The Balaban J connectivity index is 1.78. The van der Waals surface area contributed by atoms with Gasteiger partial charge < -0.3 is 4.90 Å². The molecule has 0 atom stereocenters. The SMILES string of the molecule is CN(C)CCCc1cncc(-c2cnc3c(c2)C=NC3)n1. The third-order valence-electron chi connectivity index (χ3n) is 3.49. The molecule has 0 fully saturated rings. The van der Waals surface area contributed by atoms with E-state index in [9.17, 15) is 0 Å². The van der Waals surface area contributed by atoms with Gasteiger partial charge in [-0.3, -0.25) is 15.0 Å². The lowest BCUT2D eigenvalue weighted by Gasteiger charge is -2.09. The Hall–Kier alpha value is -2.14. The van der Waals surface area contributed by atoms with Gasteiger partial charge >= 0.3 is 0 Å². The van der Waals surface area contributed by atoms with Crippen LogP contribution in [0.4, 0.5) is 0 Å². The number of hydrogen-bond donors (Lipinski definition) is 0. The summed E-state index contributed by atoms with van der Waals surface area (Å²) < 4.78 is 0. The summed E-state index contributed by atoms with van der Waals surface area (Å²) in [5.74, 6) is 0. The molecule has 2 aromatic heterocycles. The first-order valence-corrected chi connectivity index (χ1v) is 7.17. The summed E-state index contributed by atoms with van der Waals surface area (Å²) in [6.45, 7) is 1.74. The molecule has 0 aliphatic carbocycles. The fourth-order valence-corrected chi connectivity index (χ4v) is 2.37. The molecule has 1 aliphatic heterocycles. The van der Waals surface area contributed by atoms with Crippen molar-refractivity contribution >= 4 is 6.21 Å². The highest BCUT2D eigenvalue weighted by Gasteiger charge is 2.10. The first kappa shape index (κ1) is 13.8. The van der Waals surface area contributed by atoms with Crippen molar-refractivity contribution in [3.8, 4) is 11.3 Å². The van der Waals surface area contributed by atoms with Crippen molar-refractivity contribution in [3.05, 3.63) is 41.6 Å². The van der Waals surface area contributed by atoms with E-state index in [1.54, 1.807) is 6.20 Å². The summed E-state index contributed by atoms with van der Waals surface area (Å²) in [7, 11) is 4.17. The van der Waals surface area contributed by atoms with Gasteiger partial charge in [0.2, 0.25) is 0 Å². The maximum atomic E-state index is 4.70. The Kier molecular flexibility index (Phi) is 4.01. The molecule has 3 rings (SSSR count). The van der Waals surface area contributed by atoms with Crippen LogP contribution in [0.25, 0.3) is 11.3 Å². The zero-order chi connectivity index (χ0) is 14.7. The lowest BCUT2D eigenvalue weighted by atomic mass is 10.1. The normalized spacial score (nSPS) is 12.9. The molecule has 0 spiro atoms. The summed E-state index contributed by atoms with van der Waals surface area (Å²) in [4.78, 5) is 19.9. The largest absolute Gasteiger partial charge is 0.309 e. The van der Waals surface area contributed by atoms with Gasteiger partial charge in [0.15, 0.2) is 0 Å². The molecule has 0 aromatic carbocycles. The molecule has 0 saturated carbocycles. The van der Waals surface area contributed by atoms with Crippen molar-refractivity contribution in [2.24, 2.45) is 4.99 Å². The highest BCUT2D eigenvalue weighted by Crippen LogP contribution is 2.20. The molecular weight excluding hydrogens is 262 g/mol. The third kappa shape index (κ3) is 3.31. The molecular formula is C16H19N5. The lowest BCUT2D eigenvalue weighted by molar-refractivity contribution is 0.399. The van der Waals surface area contributed by atoms with Crippen LogP contribution in [-0.2, 0) is 13.0 Å². The van der Waals surface area contributed by atoms with Crippen molar-refractivity contribution in [1.82, 2.24) is 19.9 Å². The van der Waals surface area contributed by atoms with Crippen molar-refractivity contribution in [1.29, 1.82) is 0 Å². The minimum atomic E-state index is 0.686. The van der Waals surface area contributed by atoms with Crippen LogP contribution in [0, 0.1) is 0 Å². The molecule has 5 nitrogen and oxygen atoms in total. The maximum Gasteiger partial charge on any atom is 0.0904 e. The number of aromatic nitrogens is 3. The Bertz CT molecular complexity index is 663. The van der Waals surface area contributed by atoms with E-state index in [4.69, 9.17) is 4.98 Å². The van der Waals surface area contributed by atoms with Crippen molar-refractivity contribution in [2.45, 2.75) is 19.4 Å². The van der Waals surface area contributed by atoms with Crippen LogP contribution in [-0.4, -0.2) is 46.7 Å². The van der Waals surface area contributed by atoms with Crippen molar-refractivity contribution < 1.29 is 0 Å². The quantitative estimate of drug-likeness (QED) is 0.840. The van der Waals surface area contributed by atoms with E-state index in [2.05, 4.69) is 40.0 Å². The van der Waals surface area contributed by atoms with E-state index < -0.39 is 0 Å². The van der Waals surface area contributed by atoms with Gasteiger partial charge in [0, 0.05) is 29.7 Å². The number of hydrogen-bond acceptors (Lipinski definition) is 5. The summed E-state index contributed by atoms with van der Waals surface area (Å²) in [6, 6.07) is 2.09. The molecule has 108 valence electrons. The molecule has 0 saturated heterocycles. The highest BCUT2D eigenvalue weighted by molar-refractivity contribution is 5.85. The van der Waals surface area contributed by atoms with Gasteiger partial charge in [0.25, 0.3) is 0 Å². The molecule has 0 bridgehead atoms. The molecule has 2 aromatic rings. The fourth-order valence-electron chi connectivity index (χ4n) is 2.37. The monoisotopic (exact) mass is 281 g/mol. The molecule has 3 heterocycles. The first-order chi connectivity index (χ1) is 10.2. The van der Waals surface area contributed by atoms with E-state index in [0.717, 1.165) is 47.6 Å². The Morgan fingerprint density at radius 2 is 2.10 bits per heavy atom. The lowest BCUT2D eigenvalue weighted by Crippen LogP contribution is -2.13. The van der Waals surface area contributed by atoms with Gasteiger partial charge in [-0.05, 0) is 39.5 Å². The predicted octanol–water partition coefficient (Wildman–Crippen LogP) is 1.97. The Labute approximate surface area is 124 Å². The summed E-state index contributed by atoms with van der Waals surface area (Å²) >= 11 is 0. The average molecular weight is 281 g/mol. The average Bonchev–Trinajstić information content (AvgIpc) is 2.94. The zero-order valence-corrected chi connectivity index (χ0v) is 12.5. The van der Waals surface area contributed by atoms with E-state index in [-0.39, 0.29) is 0 Å². The zero-order valence-electron chi connectivity index (χ0n) is 12.5. The Morgan fingerprint density at radius 1 is 1.19 bits per heavy atom. The van der Waals surface area contributed by atoms with Gasteiger partial charge in [0.05, 0.1) is 29.8 Å². The van der Waals surface area contributed by atoms with Gasteiger partial charge in [-0.15, -0.1) is 0 Å². The standard InChI is InChI=1S/C16H19N5/c1-21(2)5-3-4-14-9-18-11-16(20-14)13-6-12-7-17-10-15(12)19-8-13/h6-9,11H,3-5,10H2,1-2H3. The van der Waals surface area contributed by atoms with Crippen LogP contribution in [0.3, 0.4) is 0 Å². The minimum absolute atomic E-state index is 0.686. The van der Waals surface area contributed by atoms with Crippen LogP contribution in [0.1, 0.15) is 23.4 Å². The molecule has 0 radical (unpaired) electrons.